The van der Waals surface area contributed by atoms with Gasteiger partial charge in [0.25, 0.3) is 11.1 Å². The van der Waals surface area contributed by atoms with Crippen LogP contribution in [0.25, 0.3) is 16.8 Å². The van der Waals surface area contributed by atoms with Crippen molar-refractivity contribution in [1.82, 2.24) is 4.90 Å². The number of ether oxygens (including phenoxy) is 1. The average Bonchev–Trinajstić information content (AvgIpc) is 2.97. The second-order valence-electron chi connectivity index (χ2n) is 6.66. The van der Waals surface area contributed by atoms with Gasteiger partial charge in [-0.2, -0.15) is 0 Å². The monoisotopic (exact) mass is 389 g/mol. The van der Waals surface area contributed by atoms with E-state index >= 15 is 0 Å². The first-order valence-electron chi connectivity index (χ1n) is 8.93. The molecule has 0 aromatic heterocycles. The van der Waals surface area contributed by atoms with Crippen molar-refractivity contribution in [2.24, 2.45) is 0 Å². The molecule has 0 N–H and O–H groups in total. The number of aryl methyl sites for hydroxylation is 1. The number of imide groups is 1. The number of methoxy groups -OCH3 is 1. The third-order valence-corrected chi connectivity index (χ3v) is 5.67. The van der Waals surface area contributed by atoms with Gasteiger partial charge >= 0.3 is 0 Å². The number of amides is 2. The van der Waals surface area contributed by atoms with Gasteiger partial charge in [0.2, 0.25) is 0 Å². The van der Waals surface area contributed by atoms with Crippen molar-refractivity contribution < 1.29 is 14.3 Å². The molecule has 1 aliphatic rings. The van der Waals surface area contributed by atoms with Crippen LogP contribution in [0.15, 0.2) is 65.6 Å². The molecule has 1 heterocycles. The van der Waals surface area contributed by atoms with Gasteiger partial charge in [-0.05, 0) is 47.3 Å². The van der Waals surface area contributed by atoms with Gasteiger partial charge in [0, 0.05) is 5.39 Å². The summed E-state index contributed by atoms with van der Waals surface area (Å²) in [6.07, 6.45) is 1.79. The fraction of sp³-hybridized carbons (Fsp3) is 0.130. The molecule has 0 unspecified atom stereocenters. The summed E-state index contributed by atoms with van der Waals surface area (Å²) in [5, 5.41) is 1.71. The zero-order chi connectivity index (χ0) is 19.7. The molecule has 4 rings (SSSR count). The molecule has 0 radical (unpaired) electrons. The molecule has 4 nitrogen and oxygen atoms in total. The summed E-state index contributed by atoms with van der Waals surface area (Å²) in [6, 6.07) is 19.5. The lowest BCUT2D eigenvalue weighted by Crippen LogP contribution is -2.27. The van der Waals surface area contributed by atoms with Gasteiger partial charge in [-0.1, -0.05) is 60.2 Å². The third-order valence-electron chi connectivity index (χ3n) is 4.76. The Morgan fingerprint density at radius 1 is 0.964 bits per heavy atom. The van der Waals surface area contributed by atoms with Crippen LogP contribution in [0.5, 0.6) is 5.75 Å². The summed E-state index contributed by atoms with van der Waals surface area (Å²) < 4.78 is 5.43. The van der Waals surface area contributed by atoms with Crippen molar-refractivity contribution in [2.75, 3.05) is 7.11 Å². The Morgan fingerprint density at radius 3 is 2.39 bits per heavy atom. The molecule has 3 aromatic rings. The van der Waals surface area contributed by atoms with E-state index in [4.69, 9.17) is 4.74 Å². The van der Waals surface area contributed by atoms with Crippen LogP contribution in [0.2, 0.25) is 0 Å². The maximum atomic E-state index is 12.8. The second kappa shape index (κ2) is 7.52. The Kier molecular flexibility index (Phi) is 4.92. The van der Waals surface area contributed by atoms with E-state index in [2.05, 4.69) is 0 Å². The van der Waals surface area contributed by atoms with Gasteiger partial charge in [-0.3, -0.25) is 14.5 Å². The first-order valence-corrected chi connectivity index (χ1v) is 9.75. The number of benzene rings is 3. The highest BCUT2D eigenvalue weighted by atomic mass is 32.2. The number of thioether (sulfide) groups is 1. The maximum absolute atomic E-state index is 12.8. The number of carbonyl (C=O) groups excluding carboxylic acids is 2. The highest BCUT2D eigenvalue weighted by molar-refractivity contribution is 8.18. The topological polar surface area (TPSA) is 46.6 Å². The van der Waals surface area contributed by atoms with Gasteiger partial charge in [-0.25, -0.2) is 0 Å². The van der Waals surface area contributed by atoms with E-state index in [0.717, 1.165) is 45.0 Å². The first kappa shape index (κ1) is 18.3. The summed E-state index contributed by atoms with van der Waals surface area (Å²) in [5.41, 5.74) is 2.96. The highest BCUT2D eigenvalue weighted by Crippen LogP contribution is 2.36. The Balaban J connectivity index is 1.66. The fourth-order valence-electron chi connectivity index (χ4n) is 3.25. The normalized spacial score (nSPS) is 15.6. The van der Waals surface area contributed by atoms with E-state index in [-0.39, 0.29) is 17.7 Å². The second-order valence-corrected chi connectivity index (χ2v) is 7.65. The predicted molar refractivity (Wildman–Crippen MR) is 113 cm³/mol. The summed E-state index contributed by atoms with van der Waals surface area (Å²) in [6.45, 7) is 2.29. The molecule has 2 amide bonds. The smallest absolute Gasteiger partial charge is 0.293 e. The fourth-order valence-corrected chi connectivity index (χ4v) is 4.08. The van der Waals surface area contributed by atoms with Gasteiger partial charge in [-0.15, -0.1) is 0 Å². The van der Waals surface area contributed by atoms with Crippen molar-refractivity contribution in [1.29, 1.82) is 0 Å². The zero-order valence-corrected chi connectivity index (χ0v) is 16.5. The van der Waals surface area contributed by atoms with Gasteiger partial charge < -0.3 is 4.74 Å². The van der Waals surface area contributed by atoms with Gasteiger partial charge in [0.1, 0.15) is 5.75 Å². The molecular formula is C23H19NO3S. The third kappa shape index (κ3) is 3.41. The van der Waals surface area contributed by atoms with Crippen molar-refractivity contribution >= 4 is 39.8 Å². The maximum Gasteiger partial charge on any atom is 0.293 e. The molecule has 3 aromatic carbocycles. The molecule has 0 aliphatic carbocycles. The minimum atomic E-state index is -0.254. The SMILES string of the molecule is COc1ccc(C=C2SC(=O)N(Cc3ccc(C)cc3)C2=O)c2ccccc12. The minimum Gasteiger partial charge on any atom is -0.496 e. The van der Waals surface area contributed by atoms with E-state index in [9.17, 15) is 9.59 Å². The van der Waals surface area contributed by atoms with Crippen LogP contribution in [0.3, 0.4) is 0 Å². The summed E-state index contributed by atoms with van der Waals surface area (Å²) in [7, 11) is 1.64. The summed E-state index contributed by atoms with van der Waals surface area (Å²) >= 11 is 0.985. The molecule has 1 fully saturated rings. The largest absolute Gasteiger partial charge is 0.496 e. The van der Waals surface area contributed by atoms with Crippen LogP contribution in [0.4, 0.5) is 4.79 Å². The van der Waals surface area contributed by atoms with Crippen molar-refractivity contribution in [3.63, 3.8) is 0 Å². The van der Waals surface area contributed by atoms with Gasteiger partial charge in [0.05, 0.1) is 18.6 Å². The molecule has 0 atom stereocenters. The zero-order valence-electron chi connectivity index (χ0n) is 15.6. The van der Waals surface area contributed by atoms with Gasteiger partial charge in [0.15, 0.2) is 0 Å². The minimum absolute atomic E-state index is 0.241. The lowest BCUT2D eigenvalue weighted by atomic mass is 10.0. The Bertz CT molecular complexity index is 1100. The molecule has 1 aliphatic heterocycles. The predicted octanol–water partition coefficient (Wildman–Crippen LogP) is 5.39. The Morgan fingerprint density at radius 2 is 1.68 bits per heavy atom. The van der Waals surface area contributed by atoms with Crippen LogP contribution in [0, 0.1) is 6.92 Å². The first-order chi connectivity index (χ1) is 13.6. The number of fused-ring (bicyclic) bond motifs is 1. The quantitative estimate of drug-likeness (QED) is 0.561. The molecule has 0 bridgehead atoms. The van der Waals surface area contributed by atoms with Crippen LogP contribution in [-0.4, -0.2) is 23.2 Å². The van der Waals surface area contributed by atoms with E-state index in [1.807, 2.05) is 67.6 Å². The van der Waals surface area contributed by atoms with Crippen LogP contribution < -0.4 is 4.74 Å². The average molecular weight is 389 g/mol. The summed E-state index contributed by atoms with van der Waals surface area (Å²) in [4.78, 5) is 27.0. The van der Waals surface area contributed by atoms with Crippen LogP contribution in [0.1, 0.15) is 16.7 Å². The number of nitrogens with zero attached hydrogens (tertiary/aromatic N) is 1. The lowest BCUT2D eigenvalue weighted by Gasteiger charge is -2.12. The number of carbonyl (C=O) groups is 2. The number of hydrogen-bond donors (Lipinski definition) is 0. The van der Waals surface area contributed by atoms with Crippen molar-refractivity contribution in [3.8, 4) is 5.75 Å². The van der Waals surface area contributed by atoms with E-state index in [0.29, 0.717) is 4.91 Å². The standard InChI is InChI=1S/C23H19NO3S/c1-15-7-9-16(10-8-15)14-24-22(25)21(28-23(24)26)13-17-11-12-20(27-2)19-6-4-3-5-18(17)19/h3-13H,14H2,1-2H3. The molecule has 0 spiro atoms. The van der Waals surface area contributed by atoms with E-state index < -0.39 is 0 Å². The Labute approximate surface area is 167 Å². The summed E-state index contributed by atoms with van der Waals surface area (Å²) in [5.74, 6) is 0.524. The molecule has 140 valence electrons. The van der Waals surface area contributed by atoms with Crippen LogP contribution in [-0.2, 0) is 11.3 Å². The molecule has 1 saturated heterocycles. The van der Waals surface area contributed by atoms with Crippen molar-refractivity contribution in [2.45, 2.75) is 13.5 Å². The molecular weight excluding hydrogens is 370 g/mol. The number of rotatable bonds is 4. The van der Waals surface area contributed by atoms with E-state index in [1.165, 1.54) is 4.90 Å². The van der Waals surface area contributed by atoms with Crippen molar-refractivity contribution in [3.05, 3.63) is 82.3 Å². The highest BCUT2D eigenvalue weighted by Gasteiger charge is 2.35. The van der Waals surface area contributed by atoms with E-state index in [1.54, 1.807) is 13.2 Å². The van der Waals surface area contributed by atoms with Crippen LogP contribution >= 0.6 is 11.8 Å². The molecule has 28 heavy (non-hydrogen) atoms. The lowest BCUT2D eigenvalue weighted by molar-refractivity contribution is -0.123. The molecule has 0 saturated carbocycles. The Hall–Kier alpha value is -3.05. The molecule has 5 heteroatoms. The number of hydrogen-bond acceptors (Lipinski definition) is 4.